The molecule has 0 saturated heterocycles. The molecule has 0 fully saturated rings. The van der Waals surface area contributed by atoms with Crippen molar-refractivity contribution in [1.29, 1.82) is 0 Å². The van der Waals surface area contributed by atoms with Crippen molar-refractivity contribution in [2.24, 2.45) is 0 Å². The molecule has 0 heterocycles. The largest absolute Gasteiger partial charge is 0.234 e. The molecule has 1 nitrogen and oxygen atoms in total. The third kappa shape index (κ3) is 2.38. The molecule has 0 radical (unpaired) electrons. The number of rotatable bonds is 3. The molecule has 0 unspecified atom stereocenters. The molecule has 0 rings (SSSR count). The van der Waals surface area contributed by atoms with Crippen LogP contribution in [0.15, 0.2) is 18.2 Å². The van der Waals surface area contributed by atoms with Crippen molar-refractivity contribution in [3.8, 4) is 0 Å². The summed E-state index contributed by atoms with van der Waals surface area (Å²) >= 11 is 0. The van der Waals surface area contributed by atoms with Gasteiger partial charge in [-0.2, -0.15) is 0 Å². The molecule has 0 spiro atoms. The second kappa shape index (κ2) is 4.35. The minimum Gasteiger partial charge on any atom is -0.234 e. The smallest absolute Gasteiger partial charge is 0.123 e. The van der Waals surface area contributed by atoms with Gasteiger partial charge in [-0.25, -0.2) is 4.79 Å². The van der Waals surface area contributed by atoms with Crippen molar-refractivity contribution in [2.45, 2.75) is 19.8 Å². The van der Waals surface area contributed by atoms with Crippen molar-refractivity contribution in [2.75, 3.05) is 0 Å². The number of carbonyl (C=O) groups excluding carboxylic acids is 1. The predicted molar refractivity (Wildman–Crippen MR) is 34.3 cm³/mol. The molecular weight excluding hydrogens is 100 g/mol. The monoisotopic (exact) mass is 110 g/mol. The summed E-state index contributed by atoms with van der Waals surface area (Å²) in [6.07, 6.45) is 3.18. The Morgan fingerprint density at radius 2 is 2.50 bits per heavy atom. The van der Waals surface area contributed by atoms with Gasteiger partial charge in [0.25, 0.3) is 0 Å². The summed E-state index contributed by atoms with van der Waals surface area (Å²) in [6, 6.07) is 0. The van der Waals surface area contributed by atoms with Gasteiger partial charge in [-0.1, -0.05) is 13.0 Å². The molecule has 0 aliphatic rings. The first-order valence-corrected chi connectivity index (χ1v) is 2.68. The van der Waals surface area contributed by atoms with Crippen molar-refractivity contribution >= 4 is 5.94 Å². The van der Waals surface area contributed by atoms with Crippen LogP contribution in [0.25, 0.3) is 0 Å². The minimum absolute atomic E-state index is 0.681. The van der Waals surface area contributed by atoms with Gasteiger partial charge in [-0.3, -0.25) is 0 Å². The highest BCUT2D eigenvalue weighted by atomic mass is 16.1. The minimum atomic E-state index is 0.681. The van der Waals surface area contributed by atoms with Crippen LogP contribution in [-0.2, 0) is 4.79 Å². The fourth-order valence-electron chi connectivity index (χ4n) is 0.432. The second-order valence-corrected chi connectivity index (χ2v) is 1.55. The van der Waals surface area contributed by atoms with E-state index in [0.29, 0.717) is 6.42 Å². The zero-order chi connectivity index (χ0) is 6.41. The van der Waals surface area contributed by atoms with Crippen molar-refractivity contribution in [1.82, 2.24) is 0 Å². The van der Waals surface area contributed by atoms with Crippen molar-refractivity contribution in [3.05, 3.63) is 18.2 Å². The number of allylic oxidation sites excluding steroid dienone is 2. The van der Waals surface area contributed by atoms with Crippen molar-refractivity contribution < 1.29 is 4.79 Å². The third-order valence-corrected chi connectivity index (χ3v) is 0.962. The predicted octanol–water partition coefficient (Wildman–Crippen LogP) is 1.73. The molecule has 0 saturated carbocycles. The first-order chi connectivity index (χ1) is 3.85. The van der Waals surface area contributed by atoms with Gasteiger partial charge in [0.05, 0.1) is 0 Å². The van der Waals surface area contributed by atoms with Gasteiger partial charge < -0.3 is 0 Å². The Morgan fingerprint density at radius 1 is 1.88 bits per heavy atom. The Kier molecular flexibility index (Phi) is 3.91. The van der Waals surface area contributed by atoms with Gasteiger partial charge in [-0.05, 0) is 12.8 Å². The quantitative estimate of drug-likeness (QED) is 0.399. The summed E-state index contributed by atoms with van der Waals surface area (Å²) < 4.78 is 0. The molecule has 0 amide bonds. The molecule has 8 heavy (non-hydrogen) atoms. The molecule has 0 bridgehead atoms. The SMILES string of the molecule is C=CCC(=C=O)CC. The zero-order valence-electron chi connectivity index (χ0n) is 5.11. The molecule has 44 valence electrons. The van der Waals surface area contributed by atoms with Gasteiger partial charge in [0.1, 0.15) is 5.94 Å². The molecule has 0 aliphatic heterocycles. The molecule has 0 aromatic carbocycles. The van der Waals surface area contributed by atoms with E-state index in [4.69, 9.17) is 0 Å². The van der Waals surface area contributed by atoms with E-state index in [-0.39, 0.29) is 0 Å². The van der Waals surface area contributed by atoms with E-state index < -0.39 is 0 Å². The maximum atomic E-state index is 9.92. The molecular formula is C7H10O. The Morgan fingerprint density at radius 3 is 2.62 bits per heavy atom. The fraction of sp³-hybridized carbons (Fsp3) is 0.429. The summed E-state index contributed by atoms with van der Waals surface area (Å²) in [5.41, 5.74) is 0.792. The van der Waals surface area contributed by atoms with Gasteiger partial charge in [-0.15, -0.1) is 6.58 Å². The van der Waals surface area contributed by atoms with Gasteiger partial charge in [0, 0.05) is 5.57 Å². The first-order valence-electron chi connectivity index (χ1n) is 2.68. The summed E-state index contributed by atoms with van der Waals surface area (Å²) in [7, 11) is 0. The lowest BCUT2D eigenvalue weighted by molar-refractivity contribution is 0.566. The van der Waals surface area contributed by atoms with Crippen LogP contribution >= 0.6 is 0 Å². The van der Waals surface area contributed by atoms with Crippen LogP contribution in [0.1, 0.15) is 19.8 Å². The van der Waals surface area contributed by atoms with E-state index >= 15 is 0 Å². The third-order valence-electron chi connectivity index (χ3n) is 0.962. The topological polar surface area (TPSA) is 17.1 Å². The van der Waals surface area contributed by atoms with Crippen LogP contribution in [0.2, 0.25) is 0 Å². The number of hydrogen-bond acceptors (Lipinski definition) is 1. The molecule has 0 aliphatic carbocycles. The zero-order valence-corrected chi connectivity index (χ0v) is 5.11. The van der Waals surface area contributed by atoms with E-state index in [1.165, 1.54) is 0 Å². The lowest BCUT2D eigenvalue weighted by Gasteiger charge is -1.87. The van der Waals surface area contributed by atoms with Gasteiger partial charge in [0.15, 0.2) is 0 Å². The maximum Gasteiger partial charge on any atom is 0.123 e. The lowest BCUT2D eigenvalue weighted by Crippen LogP contribution is -1.76. The highest BCUT2D eigenvalue weighted by Crippen LogP contribution is 2.00. The molecule has 0 aromatic heterocycles. The van der Waals surface area contributed by atoms with Gasteiger partial charge >= 0.3 is 0 Å². The second-order valence-electron chi connectivity index (χ2n) is 1.55. The van der Waals surface area contributed by atoms with E-state index in [0.717, 1.165) is 12.0 Å². The number of hydrogen-bond donors (Lipinski definition) is 0. The Hall–Kier alpha value is -0.810. The van der Waals surface area contributed by atoms with Crippen LogP contribution in [-0.4, -0.2) is 5.94 Å². The molecule has 1 heteroatoms. The van der Waals surface area contributed by atoms with Gasteiger partial charge in [0.2, 0.25) is 0 Å². The average Bonchev–Trinajstić information content (AvgIpc) is 1.83. The van der Waals surface area contributed by atoms with E-state index in [9.17, 15) is 4.79 Å². The van der Waals surface area contributed by atoms with Crippen LogP contribution in [0.5, 0.6) is 0 Å². The van der Waals surface area contributed by atoms with Crippen molar-refractivity contribution in [3.63, 3.8) is 0 Å². The molecule has 0 N–H and O–H groups in total. The van der Waals surface area contributed by atoms with E-state index in [1.807, 2.05) is 12.9 Å². The van der Waals surface area contributed by atoms with E-state index in [2.05, 4.69) is 6.58 Å². The lowest BCUT2D eigenvalue weighted by atomic mass is 10.2. The van der Waals surface area contributed by atoms with Crippen LogP contribution in [0, 0.1) is 0 Å². The van der Waals surface area contributed by atoms with E-state index in [1.54, 1.807) is 6.08 Å². The standard InChI is InChI=1S/C7H10O/c1-3-5-7(4-2)6-8/h3H,1,4-5H2,2H3. The molecule has 0 aromatic rings. The average molecular weight is 110 g/mol. The molecule has 0 atom stereocenters. The van der Waals surface area contributed by atoms with Crippen LogP contribution < -0.4 is 0 Å². The normalized spacial score (nSPS) is 7.62. The maximum absolute atomic E-state index is 9.92. The van der Waals surface area contributed by atoms with Crippen LogP contribution in [0.3, 0.4) is 0 Å². The summed E-state index contributed by atoms with van der Waals surface area (Å²) in [4.78, 5) is 9.92. The summed E-state index contributed by atoms with van der Waals surface area (Å²) in [5.74, 6) is 1.85. The Labute approximate surface area is 49.7 Å². The highest BCUT2D eigenvalue weighted by Gasteiger charge is 1.87. The Balaban J connectivity index is 3.72. The Bertz CT molecular complexity index is 118. The highest BCUT2D eigenvalue weighted by molar-refractivity contribution is 5.52. The first kappa shape index (κ1) is 7.19. The fourth-order valence-corrected chi connectivity index (χ4v) is 0.432. The van der Waals surface area contributed by atoms with Crippen LogP contribution in [0.4, 0.5) is 0 Å². The summed E-state index contributed by atoms with van der Waals surface area (Å²) in [6.45, 7) is 5.43. The summed E-state index contributed by atoms with van der Waals surface area (Å²) in [5, 5.41) is 0.